The van der Waals surface area contributed by atoms with Crippen molar-refractivity contribution in [3.8, 4) is 22.8 Å². The summed E-state index contributed by atoms with van der Waals surface area (Å²) in [5.74, 6) is -3.27. The number of halogens is 4. The van der Waals surface area contributed by atoms with E-state index < -0.39 is 23.7 Å². The van der Waals surface area contributed by atoms with Gasteiger partial charge >= 0.3 is 17.8 Å². The Morgan fingerprint density at radius 2 is 1.65 bits per heavy atom. The second-order valence-corrected chi connectivity index (χ2v) is 10.7. The zero-order valence-corrected chi connectivity index (χ0v) is 25.8. The van der Waals surface area contributed by atoms with E-state index in [0.29, 0.717) is 11.3 Å². The molecular formula is C30H36F4N6O6. The maximum atomic E-state index is 14.1. The molecule has 0 atom stereocenters. The van der Waals surface area contributed by atoms with E-state index in [1.165, 1.54) is 34.6 Å². The molecule has 2 heterocycles. The Balaban J connectivity index is 0.000000738. The molecule has 16 heteroatoms. The smallest absolute Gasteiger partial charge is 0.490 e. The molecule has 46 heavy (non-hydrogen) atoms. The molecule has 2 aromatic carbocycles. The zero-order valence-electron chi connectivity index (χ0n) is 25.8. The van der Waals surface area contributed by atoms with Crippen LogP contribution in [0.1, 0.15) is 26.3 Å². The number of carboxylic acid groups (broad SMARTS) is 1. The molecule has 3 aromatic rings. The van der Waals surface area contributed by atoms with Crippen LogP contribution in [0.15, 0.2) is 47.3 Å². The first-order chi connectivity index (χ1) is 21.6. The predicted molar refractivity (Wildman–Crippen MR) is 159 cm³/mol. The molecule has 1 aliphatic rings. The van der Waals surface area contributed by atoms with Gasteiger partial charge in [0.15, 0.2) is 17.4 Å². The molecule has 1 saturated heterocycles. The Bertz CT molecular complexity index is 1580. The second-order valence-electron chi connectivity index (χ2n) is 10.7. The molecule has 1 aliphatic heterocycles. The van der Waals surface area contributed by atoms with Gasteiger partial charge in [-0.3, -0.25) is 19.1 Å². The number of hydrogen-bond acceptors (Lipinski definition) is 7. The highest BCUT2D eigenvalue weighted by Crippen LogP contribution is 2.25. The van der Waals surface area contributed by atoms with Crippen molar-refractivity contribution in [2.24, 2.45) is 0 Å². The number of aliphatic carboxylic acids is 1. The van der Waals surface area contributed by atoms with Crippen LogP contribution >= 0.6 is 0 Å². The van der Waals surface area contributed by atoms with Crippen LogP contribution in [0.2, 0.25) is 0 Å². The number of hydrogen-bond donors (Lipinski definition) is 2. The number of carboxylic acids is 1. The van der Waals surface area contributed by atoms with E-state index >= 15 is 0 Å². The highest BCUT2D eigenvalue weighted by Gasteiger charge is 2.38. The molecule has 0 unspecified atom stereocenters. The van der Waals surface area contributed by atoms with Crippen molar-refractivity contribution in [3.63, 3.8) is 0 Å². The molecule has 4 rings (SSSR count). The van der Waals surface area contributed by atoms with Crippen LogP contribution in [0, 0.1) is 5.82 Å². The summed E-state index contributed by atoms with van der Waals surface area (Å²) in [6.07, 6.45) is -4.25. The number of amides is 2. The van der Waals surface area contributed by atoms with E-state index in [1.54, 1.807) is 6.92 Å². The van der Waals surface area contributed by atoms with Gasteiger partial charge in [-0.2, -0.15) is 17.9 Å². The van der Waals surface area contributed by atoms with E-state index in [9.17, 15) is 31.9 Å². The number of carbonyl (C=O) groups is 3. The second kappa shape index (κ2) is 15.5. The van der Waals surface area contributed by atoms with Gasteiger partial charge in [-0.1, -0.05) is 12.1 Å². The van der Waals surface area contributed by atoms with Gasteiger partial charge in [0.25, 0.3) is 0 Å². The third-order valence-electron chi connectivity index (χ3n) is 6.98. The van der Waals surface area contributed by atoms with E-state index in [-0.39, 0.29) is 36.0 Å². The van der Waals surface area contributed by atoms with E-state index in [2.05, 4.69) is 15.3 Å². The van der Waals surface area contributed by atoms with Crippen molar-refractivity contribution in [1.82, 2.24) is 29.5 Å². The molecule has 2 amide bonds. The van der Waals surface area contributed by atoms with Crippen LogP contribution in [0.25, 0.3) is 17.1 Å². The first kappa shape index (κ1) is 35.7. The lowest BCUT2D eigenvalue weighted by Crippen LogP contribution is -2.48. The Morgan fingerprint density at radius 3 is 2.17 bits per heavy atom. The fraction of sp³-hybridized carbons (Fsp3) is 0.433. The van der Waals surface area contributed by atoms with Gasteiger partial charge in [0.2, 0.25) is 11.8 Å². The van der Waals surface area contributed by atoms with Crippen molar-refractivity contribution >= 4 is 17.8 Å². The number of aromatic nitrogens is 3. The summed E-state index contributed by atoms with van der Waals surface area (Å²) in [6.45, 7) is 9.12. The Hall–Kier alpha value is -4.73. The molecule has 0 bridgehead atoms. The minimum Gasteiger partial charge on any atom is -0.494 e. The number of methoxy groups -OCH3 is 1. The standard InChI is InChI=1S/C28H35FN6O4.C2HF3O2/c1-19(2)30-26(37)18-34-27(22-7-10-24(29)25(17-22)39-4)31-35(28(34)38)23-8-5-21(6-9-23)11-12-32-13-15-33(16-14-32)20(3)36;3-2(4,5)1(6)7/h5-10,17,19H,11-16,18H2,1-4H3,(H,30,37);(H,6,7). The van der Waals surface area contributed by atoms with Gasteiger partial charge in [-0.05, 0) is 56.2 Å². The number of carbonyl (C=O) groups excluding carboxylic acids is 2. The van der Waals surface area contributed by atoms with E-state index in [1.807, 2.05) is 43.0 Å². The summed E-state index contributed by atoms with van der Waals surface area (Å²) in [5, 5.41) is 14.4. The molecule has 1 fully saturated rings. The lowest BCUT2D eigenvalue weighted by Gasteiger charge is -2.34. The minimum atomic E-state index is -5.08. The van der Waals surface area contributed by atoms with Crippen LogP contribution in [0.5, 0.6) is 5.75 Å². The number of nitrogens with one attached hydrogen (secondary N) is 1. The third-order valence-corrected chi connectivity index (χ3v) is 6.98. The predicted octanol–water partition coefficient (Wildman–Crippen LogP) is 2.71. The number of rotatable bonds is 9. The Morgan fingerprint density at radius 1 is 1.04 bits per heavy atom. The SMILES string of the molecule is COc1cc(-c2nn(-c3ccc(CCN4CCN(C(C)=O)CC4)cc3)c(=O)n2CC(=O)NC(C)C)ccc1F.O=C(O)C(F)(F)F. The van der Waals surface area contributed by atoms with Crippen molar-refractivity contribution in [2.45, 2.75) is 46.0 Å². The monoisotopic (exact) mass is 652 g/mol. The van der Waals surface area contributed by atoms with Crippen LogP contribution < -0.4 is 15.7 Å². The fourth-order valence-electron chi connectivity index (χ4n) is 4.61. The van der Waals surface area contributed by atoms with Crippen molar-refractivity contribution < 1.29 is 41.8 Å². The summed E-state index contributed by atoms with van der Waals surface area (Å²) in [5.41, 5.74) is 1.63. The first-order valence-electron chi connectivity index (χ1n) is 14.3. The highest BCUT2D eigenvalue weighted by atomic mass is 19.4. The van der Waals surface area contributed by atoms with Gasteiger partial charge in [-0.15, -0.1) is 5.10 Å². The third kappa shape index (κ3) is 9.63. The first-order valence-corrected chi connectivity index (χ1v) is 14.3. The summed E-state index contributed by atoms with van der Waals surface area (Å²) in [4.78, 5) is 50.6. The molecule has 12 nitrogen and oxygen atoms in total. The number of piperazine rings is 1. The summed E-state index contributed by atoms with van der Waals surface area (Å²) in [7, 11) is 1.36. The molecule has 2 N–H and O–H groups in total. The van der Waals surface area contributed by atoms with E-state index in [0.717, 1.165) is 44.7 Å². The Labute approximate surface area is 262 Å². The van der Waals surface area contributed by atoms with Gasteiger partial charge in [0.1, 0.15) is 6.54 Å². The van der Waals surface area contributed by atoms with Crippen LogP contribution in [0.3, 0.4) is 0 Å². The quantitative estimate of drug-likeness (QED) is 0.337. The van der Waals surface area contributed by atoms with Gasteiger partial charge in [0.05, 0.1) is 12.8 Å². The van der Waals surface area contributed by atoms with E-state index in [4.69, 9.17) is 14.6 Å². The van der Waals surface area contributed by atoms with Crippen LogP contribution in [0.4, 0.5) is 17.6 Å². The highest BCUT2D eigenvalue weighted by molar-refractivity contribution is 5.77. The summed E-state index contributed by atoms with van der Waals surface area (Å²) >= 11 is 0. The number of nitrogens with zero attached hydrogens (tertiary/aromatic N) is 5. The zero-order chi connectivity index (χ0) is 34.2. The number of benzene rings is 2. The molecular weight excluding hydrogens is 616 g/mol. The van der Waals surface area contributed by atoms with Crippen LogP contribution in [-0.2, 0) is 27.3 Å². The lowest BCUT2D eigenvalue weighted by atomic mass is 10.1. The lowest BCUT2D eigenvalue weighted by molar-refractivity contribution is -0.192. The normalized spacial score (nSPS) is 13.6. The molecule has 1 aromatic heterocycles. The fourth-order valence-corrected chi connectivity index (χ4v) is 4.61. The molecule has 0 radical (unpaired) electrons. The maximum absolute atomic E-state index is 14.1. The van der Waals surface area contributed by atoms with Crippen LogP contribution in [-0.4, -0.2) is 99.1 Å². The summed E-state index contributed by atoms with van der Waals surface area (Å²) < 4.78 is 53.4. The van der Waals surface area contributed by atoms with Crippen molar-refractivity contribution in [2.75, 3.05) is 39.8 Å². The molecule has 0 spiro atoms. The number of ether oxygens (including phenoxy) is 1. The molecule has 0 saturated carbocycles. The average Bonchev–Trinajstić information content (AvgIpc) is 3.31. The summed E-state index contributed by atoms with van der Waals surface area (Å²) in [6, 6.07) is 11.7. The Kier molecular flexibility index (Phi) is 12.1. The molecule has 250 valence electrons. The number of alkyl halides is 3. The van der Waals surface area contributed by atoms with Crippen molar-refractivity contribution in [1.29, 1.82) is 0 Å². The topological polar surface area (TPSA) is 139 Å². The van der Waals surface area contributed by atoms with Crippen molar-refractivity contribution in [3.05, 3.63) is 64.3 Å². The molecule has 0 aliphatic carbocycles. The maximum Gasteiger partial charge on any atom is 0.490 e. The van der Waals surface area contributed by atoms with Gasteiger partial charge in [-0.25, -0.2) is 14.0 Å². The minimum absolute atomic E-state index is 0.0136. The van der Waals surface area contributed by atoms with Gasteiger partial charge < -0.3 is 20.1 Å². The largest absolute Gasteiger partial charge is 0.494 e. The average molecular weight is 653 g/mol. The van der Waals surface area contributed by atoms with Gasteiger partial charge in [0, 0.05) is 51.3 Å².